The van der Waals surface area contributed by atoms with E-state index in [4.69, 9.17) is 0 Å². The second-order valence-electron chi connectivity index (χ2n) is 15.7. The zero-order valence-electron chi connectivity index (χ0n) is 33.1. The Morgan fingerprint density at radius 1 is 0.262 bits per heavy atom. The van der Waals surface area contributed by atoms with Gasteiger partial charge in [-0.2, -0.15) is 0 Å². The van der Waals surface area contributed by atoms with E-state index >= 15 is 0 Å². The second kappa shape index (κ2) is 14.8. The topological polar surface area (TPSA) is 3.24 Å². The highest BCUT2D eigenvalue weighted by atomic mass is 32.1. The summed E-state index contributed by atoms with van der Waals surface area (Å²) < 4.78 is 5.29. The van der Waals surface area contributed by atoms with E-state index in [1.165, 1.54) is 95.6 Å². The third-order valence-electron chi connectivity index (χ3n) is 12.1. The van der Waals surface area contributed by atoms with Gasteiger partial charge in [0, 0.05) is 57.4 Å². The summed E-state index contributed by atoms with van der Waals surface area (Å²) in [6.07, 6.45) is 0. The van der Waals surface area contributed by atoms with E-state index in [-0.39, 0.29) is 0 Å². The summed E-state index contributed by atoms with van der Waals surface area (Å²) >= 11 is 3.74. The summed E-state index contributed by atoms with van der Waals surface area (Å²) in [4.78, 5) is 2.40. The molecule has 0 unspecified atom stereocenters. The van der Waals surface area contributed by atoms with Crippen LogP contribution in [-0.2, 0) is 0 Å². The highest BCUT2D eigenvalue weighted by molar-refractivity contribution is 7.26. The van der Waals surface area contributed by atoms with Crippen molar-refractivity contribution in [3.63, 3.8) is 0 Å². The molecule has 0 aliphatic carbocycles. The van der Waals surface area contributed by atoms with Crippen molar-refractivity contribution in [2.24, 2.45) is 0 Å². The van der Waals surface area contributed by atoms with Crippen molar-refractivity contribution in [1.29, 1.82) is 0 Å². The van der Waals surface area contributed by atoms with Crippen LogP contribution < -0.4 is 4.90 Å². The fourth-order valence-corrected chi connectivity index (χ4v) is 11.4. The molecule has 12 aromatic rings. The van der Waals surface area contributed by atoms with Gasteiger partial charge >= 0.3 is 0 Å². The van der Waals surface area contributed by atoms with Gasteiger partial charge in [0.1, 0.15) is 0 Å². The van der Waals surface area contributed by atoms with Crippen molar-refractivity contribution < 1.29 is 0 Å². The van der Waals surface area contributed by atoms with Crippen LogP contribution in [0.4, 0.5) is 17.1 Å². The molecule has 2 aromatic heterocycles. The fraction of sp³-hybridized carbons (Fsp3) is 0. The molecule has 12 rings (SSSR count). The molecule has 2 heterocycles. The minimum atomic E-state index is 1.10. The number of hydrogen-bond acceptors (Lipinski definition) is 3. The summed E-state index contributed by atoms with van der Waals surface area (Å²) in [7, 11) is 0. The first-order valence-corrected chi connectivity index (χ1v) is 22.4. The first-order chi connectivity index (χ1) is 30.2. The van der Waals surface area contributed by atoms with Gasteiger partial charge < -0.3 is 4.90 Å². The monoisotopic (exact) mass is 811 g/mol. The number of hydrogen-bond donors (Lipinski definition) is 0. The molecule has 10 aromatic carbocycles. The van der Waals surface area contributed by atoms with Gasteiger partial charge in [0.25, 0.3) is 0 Å². The molecule has 0 spiro atoms. The zero-order valence-corrected chi connectivity index (χ0v) is 34.8. The van der Waals surface area contributed by atoms with Crippen LogP contribution in [0.5, 0.6) is 0 Å². The highest BCUT2D eigenvalue weighted by Gasteiger charge is 2.17. The summed E-state index contributed by atoms with van der Waals surface area (Å²) in [6, 6.07) is 82.5. The van der Waals surface area contributed by atoms with Crippen LogP contribution >= 0.6 is 22.7 Å². The van der Waals surface area contributed by atoms with Crippen LogP contribution in [0.25, 0.3) is 95.6 Å². The van der Waals surface area contributed by atoms with Crippen LogP contribution in [0.1, 0.15) is 0 Å². The number of anilines is 3. The standard InChI is InChI=1S/C58H37NS2/c1-2-20-48-38(12-1)13-10-23-49(48)39-28-31-45(32-29-39)59(47-19-9-16-42(36-47)43-30-33-57-54(37-43)52-22-4-5-26-55(52)60-57)46-18-8-15-41(35-46)40-14-7-17-44(34-40)50-24-11-25-53-51-21-3-6-27-56(51)61-58(50)53/h1-37H. The van der Waals surface area contributed by atoms with Crippen LogP contribution in [0.2, 0.25) is 0 Å². The van der Waals surface area contributed by atoms with E-state index < -0.39 is 0 Å². The predicted molar refractivity (Wildman–Crippen MR) is 266 cm³/mol. The average molecular weight is 812 g/mol. The number of thiophene rings is 2. The normalized spacial score (nSPS) is 11.6. The van der Waals surface area contributed by atoms with Gasteiger partial charge in [-0.25, -0.2) is 0 Å². The molecule has 0 aliphatic rings. The van der Waals surface area contributed by atoms with E-state index in [0.29, 0.717) is 0 Å². The van der Waals surface area contributed by atoms with Crippen molar-refractivity contribution >= 4 is 90.9 Å². The third-order valence-corrected chi connectivity index (χ3v) is 14.4. The Kier molecular flexibility index (Phi) is 8.62. The molecule has 0 saturated heterocycles. The number of nitrogens with zero attached hydrogens (tertiary/aromatic N) is 1. The van der Waals surface area contributed by atoms with E-state index in [2.05, 4.69) is 229 Å². The quantitative estimate of drug-likeness (QED) is 0.155. The number of benzene rings is 10. The molecule has 286 valence electrons. The fourth-order valence-electron chi connectivity index (χ4n) is 9.11. The highest BCUT2D eigenvalue weighted by Crippen LogP contribution is 2.43. The Bertz CT molecular complexity index is 3600. The van der Waals surface area contributed by atoms with Crippen LogP contribution in [0.15, 0.2) is 224 Å². The molecule has 0 bridgehead atoms. The average Bonchev–Trinajstić information content (AvgIpc) is 3.90. The van der Waals surface area contributed by atoms with Crippen molar-refractivity contribution in [2.75, 3.05) is 4.90 Å². The Morgan fingerprint density at radius 3 is 1.54 bits per heavy atom. The van der Waals surface area contributed by atoms with Crippen molar-refractivity contribution in [1.82, 2.24) is 0 Å². The molecule has 0 radical (unpaired) electrons. The molecular formula is C58H37NS2. The van der Waals surface area contributed by atoms with Crippen LogP contribution in [0, 0.1) is 0 Å². The third kappa shape index (κ3) is 6.29. The predicted octanol–water partition coefficient (Wildman–Crippen LogP) is 17.7. The van der Waals surface area contributed by atoms with E-state index in [1.54, 1.807) is 0 Å². The molecule has 0 amide bonds. The van der Waals surface area contributed by atoms with E-state index in [1.807, 2.05) is 22.7 Å². The summed E-state index contributed by atoms with van der Waals surface area (Å²) in [5, 5.41) is 7.77. The smallest absolute Gasteiger partial charge is 0.0467 e. The molecular weight excluding hydrogens is 775 g/mol. The molecule has 0 fully saturated rings. The van der Waals surface area contributed by atoms with E-state index in [0.717, 1.165) is 17.1 Å². The molecule has 1 nitrogen and oxygen atoms in total. The van der Waals surface area contributed by atoms with Crippen molar-refractivity contribution in [2.45, 2.75) is 0 Å². The van der Waals surface area contributed by atoms with Crippen LogP contribution in [-0.4, -0.2) is 0 Å². The maximum absolute atomic E-state index is 2.40. The van der Waals surface area contributed by atoms with Gasteiger partial charge in [-0.1, -0.05) is 158 Å². The Morgan fingerprint density at radius 2 is 0.770 bits per heavy atom. The number of fused-ring (bicyclic) bond motifs is 7. The van der Waals surface area contributed by atoms with Crippen molar-refractivity contribution in [3.8, 4) is 44.5 Å². The Labute approximate surface area is 362 Å². The largest absolute Gasteiger partial charge is 0.310 e. The van der Waals surface area contributed by atoms with Gasteiger partial charge in [0.15, 0.2) is 0 Å². The molecule has 0 atom stereocenters. The minimum Gasteiger partial charge on any atom is -0.310 e. The maximum Gasteiger partial charge on any atom is 0.0467 e. The lowest BCUT2D eigenvalue weighted by Crippen LogP contribution is -2.10. The van der Waals surface area contributed by atoms with E-state index in [9.17, 15) is 0 Å². The molecule has 61 heavy (non-hydrogen) atoms. The number of rotatable bonds is 7. The lowest BCUT2D eigenvalue weighted by atomic mass is 9.97. The van der Waals surface area contributed by atoms with Crippen molar-refractivity contribution in [3.05, 3.63) is 224 Å². The molecule has 0 N–H and O–H groups in total. The lowest BCUT2D eigenvalue weighted by Gasteiger charge is -2.27. The SMILES string of the molecule is c1cc(-c2cccc(N(c3ccc(-c4cccc5ccccc45)cc3)c3cccc(-c4ccc5sc6ccccc6c5c4)c3)c2)cc(-c2cccc3c2sc2ccccc23)c1. The second-order valence-corrected chi connectivity index (χ2v) is 17.8. The molecule has 0 aliphatic heterocycles. The van der Waals surface area contributed by atoms with Gasteiger partial charge in [-0.05, 0) is 122 Å². The minimum absolute atomic E-state index is 1.10. The van der Waals surface area contributed by atoms with Gasteiger partial charge in [-0.15, -0.1) is 22.7 Å². The summed E-state index contributed by atoms with van der Waals surface area (Å²) in [5.74, 6) is 0. The van der Waals surface area contributed by atoms with Gasteiger partial charge in [0.05, 0.1) is 0 Å². The first-order valence-electron chi connectivity index (χ1n) is 20.7. The Hall–Kier alpha value is -7.30. The zero-order chi connectivity index (χ0) is 40.3. The molecule has 3 heteroatoms. The summed E-state index contributed by atoms with van der Waals surface area (Å²) in [6.45, 7) is 0. The Balaban J connectivity index is 0.972. The first kappa shape index (κ1) is 35.6. The maximum atomic E-state index is 2.40. The molecule has 0 saturated carbocycles. The lowest BCUT2D eigenvalue weighted by molar-refractivity contribution is 1.28. The van der Waals surface area contributed by atoms with Crippen LogP contribution in [0.3, 0.4) is 0 Å². The summed E-state index contributed by atoms with van der Waals surface area (Å²) in [5.41, 5.74) is 13.0. The van der Waals surface area contributed by atoms with Gasteiger partial charge in [-0.3, -0.25) is 0 Å². The van der Waals surface area contributed by atoms with Gasteiger partial charge in [0.2, 0.25) is 0 Å².